The Hall–Kier alpha value is -2.55. The van der Waals surface area contributed by atoms with Crippen molar-refractivity contribution in [2.45, 2.75) is 37.2 Å². The molecule has 2 rings (SSSR count). The second kappa shape index (κ2) is 9.09. The number of hydrogen-bond acceptors (Lipinski definition) is 4. The van der Waals surface area contributed by atoms with E-state index in [2.05, 4.69) is 15.6 Å². The summed E-state index contributed by atoms with van der Waals surface area (Å²) >= 11 is 1.01. The quantitative estimate of drug-likeness (QED) is 0.706. The van der Waals surface area contributed by atoms with E-state index < -0.39 is 22.9 Å². The average Bonchev–Trinajstić information content (AvgIpc) is 2.62. The number of aromatic nitrogens is 1. The van der Waals surface area contributed by atoms with Gasteiger partial charge in [0.15, 0.2) is 0 Å². The highest BCUT2D eigenvalue weighted by molar-refractivity contribution is 8.00. The van der Waals surface area contributed by atoms with E-state index in [0.29, 0.717) is 5.69 Å². The van der Waals surface area contributed by atoms with E-state index in [9.17, 15) is 22.8 Å². The van der Waals surface area contributed by atoms with Crippen molar-refractivity contribution in [3.63, 3.8) is 0 Å². The van der Waals surface area contributed by atoms with Crippen LogP contribution in [0.15, 0.2) is 41.6 Å². The number of carbonyl (C=O) groups excluding carboxylic acids is 2. The number of thioether (sulfide) groups is 1. The molecule has 1 heterocycles. The van der Waals surface area contributed by atoms with Crippen LogP contribution in [0.3, 0.4) is 0 Å². The lowest BCUT2D eigenvalue weighted by Gasteiger charge is -2.14. The molecule has 0 bridgehead atoms. The number of pyridine rings is 1. The number of amides is 2. The van der Waals surface area contributed by atoms with E-state index in [1.54, 1.807) is 6.92 Å². The molecule has 28 heavy (non-hydrogen) atoms. The van der Waals surface area contributed by atoms with Crippen molar-refractivity contribution in [2.24, 2.45) is 0 Å². The Bertz CT molecular complexity index is 834. The first-order chi connectivity index (χ1) is 13.1. The molecule has 0 fully saturated rings. The number of anilines is 1. The van der Waals surface area contributed by atoms with Gasteiger partial charge >= 0.3 is 6.18 Å². The minimum atomic E-state index is -4.46. The fourth-order valence-corrected chi connectivity index (χ4v) is 3.17. The van der Waals surface area contributed by atoms with E-state index >= 15 is 0 Å². The van der Waals surface area contributed by atoms with Crippen LogP contribution >= 0.6 is 11.8 Å². The summed E-state index contributed by atoms with van der Waals surface area (Å²) < 4.78 is 37.6. The van der Waals surface area contributed by atoms with E-state index in [0.717, 1.165) is 35.2 Å². The Balaban J connectivity index is 1.86. The van der Waals surface area contributed by atoms with Gasteiger partial charge in [-0.05, 0) is 44.0 Å². The molecule has 0 aliphatic rings. The van der Waals surface area contributed by atoms with Gasteiger partial charge in [-0.15, -0.1) is 0 Å². The zero-order valence-corrected chi connectivity index (χ0v) is 16.4. The van der Waals surface area contributed by atoms with Crippen molar-refractivity contribution in [3.8, 4) is 0 Å². The second-order valence-electron chi connectivity index (χ2n) is 6.18. The van der Waals surface area contributed by atoms with Crippen LogP contribution in [-0.2, 0) is 15.8 Å². The van der Waals surface area contributed by atoms with Crippen molar-refractivity contribution < 1.29 is 22.8 Å². The molecule has 2 N–H and O–H groups in total. The first-order valence-electron chi connectivity index (χ1n) is 8.41. The lowest BCUT2D eigenvalue weighted by atomic mass is 10.1. The molecule has 0 spiro atoms. The Kier molecular flexibility index (Phi) is 7.06. The topological polar surface area (TPSA) is 71.1 Å². The third kappa shape index (κ3) is 5.98. The SMILES string of the molecule is Cc1cccc(C)c1NC(=O)CNC(=O)[C@H](C)Sc1ccc(C(F)(F)F)cn1. The maximum absolute atomic E-state index is 12.5. The largest absolute Gasteiger partial charge is 0.417 e. The van der Waals surface area contributed by atoms with Gasteiger partial charge in [0.2, 0.25) is 11.8 Å². The number of rotatable bonds is 6. The molecule has 1 aromatic carbocycles. The highest BCUT2D eigenvalue weighted by Gasteiger charge is 2.30. The van der Waals surface area contributed by atoms with Gasteiger partial charge in [-0.1, -0.05) is 30.0 Å². The highest BCUT2D eigenvalue weighted by atomic mass is 32.2. The maximum atomic E-state index is 12.5. The lowest BCUT2D eigenvalue weighted by molar-refractivity contribution is -0.137. The first kappa shape index (κ1) is 21.7. The molecule has 0 saturated carbocycles. The summed E-state index contributed by atoms with van der Waals surface area (Å²) in [7, 11) is 0. The number of aryl methyl sites for hydroxylation is 2. The Morgan fingerprint density at radius 1 is 1.14 bits per heavy atom. The molecule has 2 aromatic rings. The molecule has 150 valence electrons. The van der Waals surface area contributed by atoms with Crippen LogP contribution < -0.4 is 10.6 Å². The second-order valence-corrected chi connectivity index (χ2v) is 7.54. The van der Waals surface area contributed by atoms with Crippen LogP contribution in [0.1, 0.15) is 23.6 Å². The Morgan fingerprint density at radius 3 is 2.32 bits per heavy atom. The van der Waals surface area contributed by atoms with Crippen LogP contribution in [-0.4, -0.2) is 28.6 Å². The fraction of sp³-hybridized carbons (Fsp3) is 0.316. The summed E-state index contributed by atoms with van der Waals surface area (Å²) in [6.07, 6.45) is -3.73. The van der Waals surface area contributed by atoms with Gasteiger partial charge in [0.05, 0.1) is 22.4 Å². The molecule has 0 aliphatic carbocycles. The number of carbonyl (C=O) groups is 2. The minimum absolute atomic E-state index is 0.210. The van der Waals surface area contributed by atoms with Crippen LogP contribution in [0.4, 0.5) is 18.9 Å². The van der Waals surface area contributed by atoms with E-state index in [1.807, 2.05) is 32.0 Å². The summed E-state index contributed by atoms with van der Waals surface area (Å²) in [6.45, 7) is 5.12. The first-order valence-corrected chi connectivity index (χ1v) is 9.29. The van der Waals surface area contributed by atoms with Gasteiger partial charge in [0.25, 0.3) is 0 Å². The van der Waals surface area contributed by atoms with Gasteiger partial charge in [0.1, 0.15) is 0 Å². The van der Waals surface area contributed by atoms with Crippen molar-refractivity contribution in [3.05, 3.63) is 53.2 Å². The Labute approximate surface area is 165 Å². The zero-order valence-electron chi connectivity index (χ0n) is 15.6. The van der Waals surface area contributed by atoms with Gasteiger partial charge in [-0.25, -0.2) is 4.98 Å². The molecular formula is C19H20F3N3O2S. The van der Waals surface area contributed by atoms with Crippen molar-refractivity contribution in [1.82, 2.24) is 10.3 Å². The molecular weight excluding hydrogens is 391 g/mol. The van der Waals surface area contributed by atoms with E-state index in [1.165, 1.54) is 6.07 Å². The number of alkyl halides is 3. The number of halogens is 3. The highest BCUT2D eigenvalue weighted by Crippen LogP contribution is 2.30. The van der Waals surface area contributed by atoms with Crippen LogP contribution in [0.25, 0.3) is 0 Å². The summed E-state index contributed by atoms with van der Waals surface area (Å²) in [5, 5.41) is 4.94. The van der Waals surface area contributed by atoms with Gasteiger partial charge in [-0.3, -0.25) is 9.59 Å². The summed E-state index contributed by atoms with van der Waals surface area (Å²) in [6, 6.07) is 7.76. The van der Waals surface area contributed by atoms with E-state index in [4.69, 9.17) is 0 Å². The minimum Gasteiger partial charge on any atom is -0.346 e. The van der Waals surface area contributed by atoms with Crippen molar-refractivity contribution in [1.29, 1.82) is 0 Å². The van der Waals surface area contributed by atoms with Crippen LogP contribution in [0.5, 0.6) is 0 Å². The third-order valence-corrected chi connectivity index (χ3v) is 4.95. The number of para-hydroxylation sites is 1. The molecule has 9 heteroatoms. The number of benzene rings is 1. The lowest BCUT2D eigenvalue weighted by Crippen LogP contribution is -2.37. The molecule has 1 aromatic heterocycles. The standard InChI is InChI=1S/C19H20F3N3O2S/c1-11-5-4-6-12(2)17(11)25-15(26)10-24-18(27)13(3)28-16-8-7-14(9-23-16)19(20,21)22/h4-9,13H,10H2,1-3H3,(H,24,27)(H,25,26)/t13-/m0/s1. The fourth-order valence-electron chi connectivity index (χ4n) is 2.36. The zero-order chi connectivity index (χ0) is 20.9. The molecule has 2 amide bonds. The summed E-state index contributed by atoms with van der Waals surface area (Å²) in [5.41, 5.74) is 1.68. The number of nitrogens with zero attached hydrogens (tertiary/aromatic N) is 1. The molecule has 0 aliphatic heterocycles. The van der Waals surface area contributed by atoms with Gasteiger partial charge in [-0.2, -0.15) is 13.2 Å². The third-order valence-electron chi connectivity index (χ3n) is 3.90. The average molecular weight is 411 g/mol. The Morgan fingerprint density at radius 2 is 1.79 bits per heavy atom. The smallest absolute Gasteiger partial charge is 0.346 e. The predicted molar refractivity (Wildman–Crippen MR) is 102 cm³/mol. The normalized spacial score (nSPS) is 12.4. The molecule has 0 radical (unpaired) electrons. The van der Waals surface area contributed by atoms with Crippen LogP contribution in [0, 0.1) is 13.8 Å². The maximum Gasteiger partial charge on any atom is 0.417 e. The summed E-state index contributed by atoms with van der Waals surface area (Å²) in [4.78, 5) is 27.9. The van der Waals surface area contributed by atoms with E-state index in [-0.39, 0.29) is 17.5 Å². The molecule has 0 saturated heterocycles. The number of nitrogens with one attached hydrogen (secondary N) is 2. The molecule has 1 atom stereocenters. The van der Waals surface area contributed by atoms with Crippen LogP contribution in [0.2, 0.25) is 0 Å². The van der Waals surface area contributed by atoms with Gasteiger partial charge in [0, 0.05) is 11.9 Å². The molecule has 0 unspecified atom stereocenters. The summed E-state index contributed by atoms with van der Waals surface area (Å²) in [5.74, 6) is -0.779. The molecule has 5 nitrogen and oxygen atoms in total. The number of hydrogen-bond donors (Lipinski definition) is 2. The van der Waals surface area contributed by atoms with Crippen molar-refractivity contribution in [2.75, 3.05) is 11.9 Å². The monoisotopic (exact) mass is 411 g/mol. The van der Waals surface area contributed by atoms with Crippen molar-refractivity contribution >= 4 is 29.3 Å². The van der Waals surface area contributed by atoms with Gasteiger partial charge < -0.3 is 10.6 Å². The predicted octanol–water partition coefficient (Wildman–Crippen LogP) is 3.95.